The van der Waals surface area contributed by atoms with Gasteiger partial charge in [0.25, 0.3) is 11.6 Å². The number of nitro benzene ring substituents is 1. The number of amidine groups is 1. The summed E-state index contributed by atoms with van der Waals surface area (Å²) in [6, 6.07) is 15.0. The van der Waals surface area contributed by atoms with Gasteiger partial charge >= 0.3 is 10.1 Å². The van der Waals surface area contributed by atoms with Gasteiger partial charge in [-0.2, -0.15) is 8.42 Å². The fraction of sp³-hybridized carbons (Fsp3) is 0.0833. The molecule has 1 heterocycles. The first kappa shape index (κ1) is 28.1. The molecular weight excluding hydrogens is 713 g/mol. The van der Waals surface area contributed by atoms with Crippen molar-refractivity contribution in [1.82, 2.24) is 5.32 Å². The molecule has 3 aromatic rings. The second-order valence-corrected chi connectivity index (χ2v) is 12.2. The van der Waals surface area contributed by atoms with Crippen LogP contribution in [0, 0.1) is 13.7 Å². The Labute approximate surface area is 244 Å². The van der Waals surface area contributed by atoms with Crippen LogP contribution < -0.4 is 14.2 Å². The lowest BCUT2D eigenvalue weighted by Crippen LogP contribution is -2.19. The Morgan fingerprint density at radius 2 is 1.84 bits per heavy atom. The van der Waals surface area contributed by atoms with Gasteiger partial charge in [0.2, 0.25) is 0 Å². The molecule has 0 aromatic heterocycles. The Morgan fingerprint density at radius 3 is 2.47 bits per heavy atom. The maximum atomic E-state index is 12.9. The van der Waals surface area contributed by atoms with Crippen molar-refractivity contribution in [3.05, 3.63) is 89.3 Å². The first-order valence-corrected chi connectivity index (χ1v) is 14.9. The summed E-state index contributed by atoms with van der Waals surface area (Å²) < 4.78 is 38.0. The highest BCUT2D eigenvalue weighted by atomic mass is 127. The van der Waals surface area contributed by atoms with E-state index in [1.54, 1.807) is 25.1 Å². The highest BCUT2D eigenvalue weighted by molar-refractivity contribution is 14.1. The zero-order valence-corrected chi connectivity index (χ0v) is 24.8. The van der Waals surface area contributed by atoms with Gasteiger partial charge in [0, 0.05) is 15.7 Å². The normalized spacial score (nSPS) is 15.5. The van der Waals surface area contributed by atoms with E-state index in [9.17, 15) is 23.3 Å². The Hall–Kier alpha value is -2.95. The van der Waals surface area contributed by atoms with Crippen LogP contribution in [0.15, 0.2) is 79.9 Å². The third-order valence-electron chi connectivity index (χ3n) is 4.87. The standard InChI is InChI=1S/C24H17BrIN3O7S2/c1-2-35-20-12-14(13-21-23(30)28-24(37-21)27-16-5-3-15(26)4-6-16)11-19(25)22(20)36-38(33,34)18-9-7-17(8-10-18)29(31)32/h3-13H,2H2,1H3,(H,27,28,30)/b21-13+. The van der Waals surface area contributed by atoms with E-state index >= 15 is 0 Å². The largest absolute Gasteiger partial charge is 0.490 e. The summed E-state index contributed by atoms with van der Waals surface area (Å²) in [7, 11) is -4.34. The van der Waals surface area contributed by atoms with Gasteiger partial charge in [-0.05, 0) is 117 Å². The van der Waals surface area contributed by atoms with Gasteiger partial charge < -0.3 is 14.2 Å². The molecule has 0 spiro atoms. The average Bonchev–Trinajstić information content (AvgIpc) is 3.21. The summed E-state index contributed by atoms with van der Waals surface area (Å²) in [6.07, 6.45) is 1.62. The molecule has 3 aromatic carbocycles. The smallest absolute Gasteiger partial charge is 0.339 e. The van der Waals surface area contributed by atoms with Crippen LogP contribution in [0.2, 0.25) is 0 Å². The van der Waals surface area contributed by atoms with Gasteiger partial charge in [0.15, 0.2) is 16.7 Å². The van der Waals surface area contributed by atoms with Crippen molar-refractivity contribution >= 4 is 88.9 Å². The molecule has 1 amide bonds. The number of carbonyl (C=O) groups is 1. The fourth-order valence-electron chi connectivity index (χ4n) is 3.17. The summed E-state index contributed by atoms with van der Waals surface area (Å²) in [5.41, 5.74) is 0.998. The number of rotatable bonds is 8. The number of hydrogen-bond donors (Lipinski definition) is 1. The number of hydrogen-bond acceptors (Lipinski definition) is 9. The number of thioether (sulfide) groups is 1. The predicted molar refractivity (Wildman–Crippen MR) is 156 cm³/mol. The van der Waals surface area contributed by atoms with E-state index in [2.05, 4.69) is 48.8 Å². The number of nitrogens with zero attached hydrogens (tertiary/aromatic N) is 2. The number of nitrogens with one attached hydrogen (secondary N) is 1. The van der Waals surface area contributed by atoms with Crippen LogP contribution in [0.4, 0.5) is 11.4 Å². The molecule has 0 radical (unpaired) electrons. The van der Waals surface area contributed by atoms with Crippen LogP contribution in [-0.2, 0) is 14.9 Å². The number of benzene rings is 3. The monoisotopic (exact) mass is 729 g/mol. The van der Waals surface area contributed by atoms with Crippen LogP contribution in [0.3, 0.4) is 0 Å². The van der Waals surface area contributed by atoms with E-state index in [0.717, 1.165) is 27.8 Å². The summed E-state index contributed by atoms with van der Waals surface area (Å²) in [5, 5.41) is 14.0. The highest BCUT2D eigenvalue weighted by Gasteiger charge is 2.26. The molecule has 1 N–H and O–H groups in total. The SMILES string of the molecule is CCOc1cc(/C=C2/SC(=Nc3ccc(I)cc3)NC2=O)cc(Br)c1OS(=O)(=O)c1ccc([N+](=O)[O-])cc1. The molecule has 1 aliphatic rings. The first-order chi connectivity index (χ1) is 18.1. The average molecular weight is 730 g/mol. The zero-order chi connectivity index (χ0) is 27.4. The molecule has 4 rings (SSSR count). The van der Waals surface area contributed by atoms with Crippen LogP contribution in [0.5, 0.6) is 11.5 Å². The summed E-state index contributed by atoms with van der Waals surface area (Å²) in [4.78, 5) is 27.3. The van der Waals surface area contributed by atoms with E-state index in [4.69, 9.17) is 8.92 Å². The topological polar surface area (TPSA) is 137 Å². The molecule has 1 saturated heterocycles. The third-order valence-corrected chi connectivity index (χ3v) is 8.32. The Bertz CT molecular complexity index is 1580. The fourth-order valence-corrected chi connectivity index (χ4v) is 5.98. The van der Waals surface area contributed by atoms with Crippen molar-refractivity contribution in [1.29, 1.82) is 0 Å². The van der Waals surface area contributed by atoms with Crippen molar-refractivity contribution in [3.63, 3.8) is 0 Å². The minimum Gasteiger partial charge on any atom is -0.490 e. The lowest BCUT2D eigenvalue weighted by Gasteiger charge is -2.14. The minimum atomic E-state index is -4.34. The van der Waals surface area contributed by atoms with Crippen LogP contribution in [0.25, 0.3) is 6.08 Å². The van der Waals surface area contributed by atoms with Crippen molar-refractivity contribution in [3.8, 4) is 11.5 Å². The van der Waals surface area contributed by atoms with E-state index in [-0.39, 0.29) is 39.1 Å². The number of amides is 1. The van der Waals surface area contributed by atoms with Gasteiger partial charge in [-0.3, -0.25) is 14.9 Å². The van der Waals surface area contributed by atoms with Crippen LogP contribution in [0.1, 0.15) is 12.5 Å². The van der Waals surface area contributed by atoms with Gasteiger partial charge in [0.1, 0.15) is 4.90 Å². The molecule has 196 valence electrons. The van der Waals surface area contributed by atoms with E-state index in [1.165, 1.54) is 11.8 Å². The molecule has 0 saturated carbocycles. The highest BCUT2D eigenvalue weighted by Crippen LogP contribution is 2.40. The van der Waals surface area contributed by atoms with Crippen molar-refractivity contribution in [2.24, 2.45) is 4.99 Å². The zero-order valence-electron chi connectivity index (χ0n) is 19.4. The maximum Gasteiger partial charge on any atom is 0.339 e. The molecule has 38 heavy (non-hydrogen) atoms. The second-order valence-electron chi connectivity index (χ2n) is 7.51. The molecule has 1 aliphatic heterocycles. The number of halogens is 2. The lowest BCUT2D eigenvalue weighted by molar-refractivity contribution is -0.384. The van der Waals surface area contributed by atoms with Gasteiger partial charge in [0.05, 0.1) is 26.6 Å². The van der Waals surface area contributed by atoms with E-state index < -0.39 is 15.0 Å². The quantitative estimate of drug-likeness (QED) is 0.0978. The summed E-state index contributed by atoms with van der Waals surface area (Å²) >= 11 is 6.70. The molecule has 0 atom stereocenters. The Morgan fingerprint density at radius 1 is 1.16 bits per heavy atom. The number of carbonyl (C=O) groups excluding carboxylic acids is 1. The first-order valence-electron chi connectivity index (χ1n) is 10.8. The number of nitro groups is 1. The third kappa shape index (κ3) is 6.73. The molecule has 10 nitrogen and oxygen atoms in total. The predicted octanol–water partition coefficient (Wildman–Crippen LogP) is 6.02. The number of non-ortho nitro benzene ring substituents is 1. The summed E-state index contributed by atoms with van der Waals surface area (Å²) in [5.74, 6) is -0.304. The number of aliphatic imine (C=N–C) groups is 1. The van der Waals surface area contributed by atoms with E-state index in [0.29, 0.717) is 21.3 Å². The molecular formula is C24H17BrIN3O7S2. The van der Waals surface area contributed by atoms with E-state index in [1.807, 2.05) is 24.3 Å². The molecule has 0 aliphatic carbocycles. The molecule has 0 unspecified atom stereocenters. The second kappa shape index (κ2) is 11.8. The van der Waals surface area contributed by atoms with Gasteiger partial charge in [-0.15, -0.1) is 0 Å². The van der Waals surface area contributed by atoms with Gasteiger partial charge in [-0.25, -0.2) is 4.99 Å². The molecule has 0 bridgehead atoms. The van der Waals surface area contributed by atoms with Gasteiger partial charge in [-0.1, -0.05) is 0 Å². The molecule has 1 fully saturated rings. The van der Waals surface area contributed by atoms with Crippen molar-refractivity contribution in [2.45, 2.75) is 11.8 Å². The number of ether oxygens (including phenoxy) is 1. The summed E-state index contributed by atoms with van der Waals surface area (Å²) in [6.45, 7) is 1.93. The van der Waals surface area contributed by atoms with Crippen LogP contribution >= 0.6 is 50.3 Å². The van der Waals surface area contributed by atoms with Crippen molar-refractivity contribution in [2.75, 3.05) is 6.61 Å². The lowest BCUT2D eigenvalue weighted by atomic mass is 10.2. The van der Waals surface area contributed by atoms with Crippen LogP contribution in [-0.4, -0.2) is 31.0 Å². The maximum absolute atomic E-state index is 12.9. The Balaban J connectivity index is 1.61. The minimum absolute atomic E-state index is 0.100. The Kier molecular flexibility index (Phi) is 8.74. The van der Waals surface area contributed by atoms with Crippen molar-refractivity contribution < 1.29 is 27.1 Å². The molecule has 14 heteroatoms.